The molecule has 1 aromatic heterocycles. The Labute approximate surface area is 149 Å². The first-order valence-corrected chi connectivity index (χ1v) is 9.12. The molecule has 0 saturated heterocycles. The Bertz CT molecular complexity index is 922. The van der Waals surface area contributed by atoms with Crippen molar-refractivity contribution in [2.24, 2.45) is 5.10 Å². The molecule has 2 aromatic carbocycles. The van der Waals surface area contributed by atoms with E-state index in [1.807, 2.05) is 24.3 Å². The zero-order chi connectivity index (χ0) is 16.6. The lowest BCUT2D eigenvalue weighted by atomic mass is 10.0. The molecule has 124 valence electrons. The minimum atomic E-state index is 0.147. The van der Waals surface area contributed by atoms with Crippen molar-refractivity contribution < 1.29 is 9.47 Å². The van der Waals surface area contributed by atoms with Crippen LogP contribution in [-0.2, 0) is 0 Å². The Hall–Kier alpha value is -2.79. The van der Waals surface area contributed by atoms with Crippen LogP contribution in [-0.4, -0.2) is 12.5 Å². The van der Waals surface area contributed by atoms with Crippen molar-refractivity contribution in [3.05, 3.63) is 76.5 Å². The Morgan fingerprint density at radius 2 is 1.84 bits per heavy atom. The number of hydrazone groups is 1. The normalized spacial score (nSPS) is 18.5. The van der Waals surface area contributed by atoms with Crippen LogP contribution in [0, 0.1) is 0 Å². The van der Waals surface area contributed by atoms with Gasteiger partial charge in [-0.25, -0.2) is 0 Å². The highest BCUT2D eigenvalue weighted by Gasteiger charge is 2.31. The van der Waals surface area contributed by atoms with Crippen LogP contribution in [0.3, 0.4) is 0 Å². The van der Waals surface area contributed by atoms with Gasteiger partial charge in [-0.2, -0.15) is 5.10 Å². The van der Waals surface area contributed by atoms with Crippen molar-refractivity contribution in [3.8, 4) is 11.5 Å². The SMILES string of the molecule is c1ccc(N2N=C(c3cccs3)C[C@@H]2c2ccc3c(c2)OCO3)cc1. The Kier molecular flexibility index (Phi) is 3.45. The number of fused-ring (bicyclic) bond motifs is 1. The molecule has 4 nitrogen and oxygen atoms in total. The third-order valence-electron chi connectivity index (χ3n) is 4.52. The molecule has 1 atom stereocenters. The van der Waals surface area contributed by atoms with Crippen molar-refractivity contribution in [1.29, 1.82) is 0 Å². The van der Waals surface area contributed by atoms with E-state index in [0.717, 1.165) is 29.3 Å². The van der Waals surface area contributed by atoms with Gasteiger partial charge in [0, 0.05) is 6.42 Å². The van der Waals surface area contributed by atoms with E-state index in [2.05, 4.69) is 46.8 Å². The summed E-state index contributed by atoms with van der Waals surface area (Å²) in [5.74, 6) is 1.63. The number of thiophene rings is 1. The second-order valence-electron chi connectivity index (χ2n) is 6.04. The summed E-state index contributed by atoms with van der Waals surface area (Å²) in [6.07, 6.45) is 0.870. The van der Waals surface area contributed by atoms with Crippen LogP contribution >= 0.6 is 11.3 Å². The number of benzene rings is 2. The topological polar surface area (TPSA) is 34.1 Å². The van der Waals surface area contributed by atoms with Crippen molar-refractivity contribution >= 4 is 22.7 Å². The second-order valence-corrected chi connectivity index (χ2v) is 6.98. The van der Waals surface area contributed by atoms with E-state index in [0.29, 0.717) is 6.79 Å². The van der Waals surface area contributed by atoms with Gasteiger partial charge in [-0.05, 0) is 41.3 Å². The Morgan fingerprint density at radius 3 is 2.68 bits per heavy atom. The van der Waals surface area contributed by atoms with E-state index in [-0.39, 0.29) is 6.04 Å². The maximum absolute atomic E-state index is 5.56. The summed E-state index contributed by atoms with van der Waals surface area (Å²) in [4.78, 5) is 1.23. The first-order chi connectivity index (χ1) is 12.4. The molecule has 0 N–H and O–H groups in total. The molecule has 0 fully saturated rings. The van der Waals surface area contributed by atoms with Gasteiger partial charge in [0.2, 0.25) is 6.79 Å². The van der Waals surface area contributed by atoms with Gasteiger partial charge in [0.1, 0.15) is 0 Å². The molecule has 3 aromatic rings. The van der Waals surface area contributed by atoms with Crippen molar-refractivity contribution in [3.63, 3.8) is 0 Å². The lowest BCUT2D eigenvalue weighted by molar-refractivity contribution is 0.174. The highest BCUT2D eigenvalue weighted by Crippen LogP contribution is 2.41. The quantitative estimate of drug-likeness (QED) is 0.680. The van der Waals surface area contributed by atoms with Crippen LogP contribution in [0.15, 0.2) is 71.1 Å². The molecule has 2 aliphatic rings. The minimum absolute atomic E-state index is 0.147. The molecule has 0 unspecified atom stereocenters. The molecular formula is C20H16N2O2S. The first-order valence-electron chi connectivity index (χ1n) is 8.24. The number of nitrogens with zero attached hydrogens (tertiary/aromatic N) is 2. The average Bonchev–Trinajstić information content (AvgIpc) is 3.40. The molecule has 5 heteroatoms. The largest absolute Gasteiger partial charge is 0.454 e. The summed E-state index contributed by atoms with van der Waals surface area (Å²) in [5.41, 5.74) is 3.40. The van der Waals surface area contributed by atoms with E-state index in [4.69, 9.17) is 14.6 Å². The minimum Gasteiger partial charge on any atom is -0.454 e. The van der Waals surface area contributed by atoms with E-state index in [1.54, 1.807) is 11.3 Å². The fourth-order valence-corrected chi connectivity index (χ4v) is 4.02. The second kappa shape index (κ2) is 5.93. The summed E-state index contributed by atoms with van der Waals surface area (Å²) < 4.78 is 11.0. The van der Waals surface area contributed by atoms with Crippen LogP contribution in [0.5, 0.6) is 11.5 Å². The number of hydrogen-bond acceptors (Lipinski definition) is 5. The fraction of sp³-hybridized carbons (Fsp3) is 0.150. The van der Waals surface area contributed by atoms with Crippen LogP contribution in [0.2, 0.25) is 0 Å². The van der Waals surface area contributed by atoms with Crippen LogP contribution < -0.4 is 14.5 Å². The molecule has 3 heterocycles. The van der Waals surface area contributed by atoms with Crippen LogP contribution in [0.4, 0.5) is 5.69 Å². The lowest BCUT2D eigenvalue weighted by Crippen LogP contribution is -2.18. The third-order valence-corrected chi connectivity index (χ3v) is 5.44. The van der Waals surface area contributed by atoms with Gasteiger partial charge in [-0.3, -0.25) is 5.01 Å². The number of para-hydroxylation sites is 1. The van der Waals surface area contributed by atoms with Crippen LogP contribution in [0.1, 0.15) is 22.9 Å². The molecular weight excluding hydrogens is 332 g/mol. The van der Waals surface area contributed by atoms with Gasteiger partial charge in [-0.1, -0.05) is 30.3 Å². The van der Waals surface area contributed by atoms with Crippen molar-refractivity contribution in [1.82, 2.24) is 0 Å². The van der Waals surface area contributed by atoms with Crippen molar-refractivity contribution in [2.45, 2.75) is 12.5 Å². The van der Waals surface area contributed by atoms with E-state index in [9.17, 15) is 0 Å². The predicted octanol–water partition coefficient (Wildman–Crippen LogP) is 4.83. The molecule has 0 bridgehead atoms. The number of rotatable bonds is 3. The van der Waals surface area contributed by atoms with Gasteiger partial charge in [0.05, 0.1) is 22.3 Å². The summed E-state index contributed by atoms with van der Waals surface area (Å²) >= 11 is 1.73. The lowest BCUT2D eigenvalue weighted by Gasteiger charge is -2.24. The Morgan fingerprint density at radius 1 is 0.960 bits per heavy atom. The monoisotopic (exact) mass is 348 g/mol. The third kappa shape index (κ3) is 2.57. The van der Waals surface area contributed by atoms with Gasteiger partial charge >= 0.3 is 0 Å². The van der Waals surface area contributed by atoms with Gasteiger partial charge < -0.3 is 9.47 Å². The summed E-state index contributed by atoms with van der Waals surface area (Å²) in [7, 11) is 0. The highest BCUT2D eigenvalue weighted by molar-refractivity contribution is 7.12. The molecule has 5 rings (SSSR count). The Balaban J connectivity index is 1.56. The maximum atomic E-state index is 5.56. The summed E-state index contributed by atoms with van der Waals surface area (Å²) in [5, 5.41) is 9.15. The van der Waals surface area contributed by atoms with E-state index in [1.165, 1.54) is 10.4 Å². The highest BCUT2D eigenvalue weighted by atomic mass is 32.1. The first kappa shape index (κ1) is 14.5. The van der Waals surface area contributed by atoms with Crippen molar-refractivity contribution in [2.75, 3.05) is 11.8 Å². The van der Waals surface area contributed by atoms with E-state index < -0.39 is 0 Å². The standard InChI is InChI=1S/C20H16N2O2S/c1-2-5-15(6-3-1)22-17(12-16(21-22)20-7-4-10-25-20)14-8-9-18-19(11-14)24-13-23-18/h1-11,17H,12-13H2/t17-/m1/s1. The predicted molar refractivity (Wildman–Crippen MR) is 99.7 cm³/mol. The van der Waals surface area contributed by atoms with Gasteiger partial charge in [0.15, 0.2) is 11.5 Å². The number of hydrogen-bond donors (Lipinski definition) is 0. The zero-order valence-corrected chi connectivity index (χ0v) is 14.3. The summed E-state index contributed by atoms with van der Waals surface area (Å²) in [6.45, 7) is 0.294. The molecule has 0 radical (unpaired) electrons. The smallest absolute Gasteiger partial charge is 0.231 e. The fourth-order valence-electron chi connectivity index (χ4n) is 3.30. The maximum Gasteiger partial charge on any atom is 0.231 e. The van der Waals surface area contributed by atoms with Crippen LogP contribution in [0.25, 0.3) is 0 Å². The van der Waals surface area contributed by atoms with Gasteiger partial charge in [0.25, 0.3) is 0 Å². The van der Waals surface area contributed by atoms with Gasteiger partial charge in [-0.15, -0.1) is 11.3 Å². The number of anilines is 1. The summed E-state index contributed by atoms with van der Waals surface area (Å²) in [6, 6.07) is 20.9. The number of ether oxygens (including phenoxy) is 2. The zero-order valence-electron chi connectivity index (χ0n) is 13.5. The molecule has 25 heavy (non-hydrogen) atoms. The molecule has 0 aliphatic carbocycles. The molecule has 0 amide bonds. The van der Waals surface area contributed by atoms with E-state index >= 15 is 0 Å². The molecule has 2 aliphatic heterocycles. The molecule has 0 saturated carbocycles. The average molecular weight is 348 g/mol. The molecule has 0 spiro atoms.